The maximum Gasteiger partial charge on any atom is 0.258 e. The number of aliphatic hydroxyl groups is 3. The van der Waals surface area contributed by atoms with E-state index in [1.165, 1.54) is 0 Å². The molecule has 1 unspecified atom stereocenters. The molecule has 0 spiro atoms. The number of hydrogen-bond donors (Lipinski definition) is 6. The van der Waals surface area contributed by atoms with Crippen molar-refractivity contribution in [1.29, 1.82) is 0 Å². The molecule has 0 saturated carbocycles. The molecule has 0 aliphatic heterocycles. The molecule has 0 saturated heterocycles. The molecule has 1 aromatic carbocycles. The minimum Gasteiger partial charge on any atom is -0.481 e. The lowest BCUT2D eigenvalue weighted by Gasteiger charge is -2.18. The molecule has 0 aliphatic rings. The van der Waals surface area contributed by atoms with Crippen molar-refractivity contribution in [2.24, 2.45) is 5.73 Å². The first-order chi connectivity index (χ1) is 13.1. The zero-order chi connectivity index (χ0) is 21.4. The molecule has 0 aromatic heterocycles. The third-order valence-corrected chi connectivity index (χ3v) is 6.38. The van der Waals surface area contributed by atoms with Crippen LogP contribution in [0.15, 0.2) is 0 Å². The Bertz CT molecular complexity index is 761. The highest BCUT2D eigenvalue weighted by atomic mass is 127. The van der Waals surface area contributed by atoms with Crippen molar-refractivity contribution in [3.63, 3.8) is 0 Å². The number of rotatable bonds is 10. The van der Waals surface area contributed by atoms with Gasteiger partial charge in [0, 0.05) is 16.7 Å². The fourth-order valence-corrected chi connectivity index (χ4v) is 6.43. The van der Waals surface area contributed by atoms with Gasteiger partial charge >= 0.3 is 0 Å². The van der Waals surface area contributed by atoms with Gasteiger partial charge in [0.25, 0.3) is 17.7 Å². The molecule has 10 nitrogen and oxygen atoms in total. The lowest BCUT2D eigenvalue weighted by molar-refractivity contribution is -0.123. The SMILES string of the molecule is NC(=O)c1c(I)c(OCC(=O)NCCO)c(I)c(C(=O)NCC(O)CO)c1I. The minimum absolute atomic E-state index is 0.0659. The normalized spacial score (nSPS) is 11.6. The molecule has 1 atom stereocenters. The van der Waals surface area contributed by atoms with E-state index in [9.17, 15) is 19.5 Å². The molecule has 156 valence electrons. The molecule has 1 aromatic rings. The Hall–Kier alpha value is -0.500. The standard InChI is InChI=1S/C15H18I3N3O7/c16-10-8(14(19)26)11(17)13(28-5-7(25)20-1-2-22)12(18)9(10)15(27)21-3-6(24)4-23/h6,22-24H,1-5H2,(H2,19,26)(H,20,25)(H,21,27). The molecule has 0 fully saturated rings. The van der Waals surface area contributed by atoms with Gasteiger partial charge in [0.2, 0.25) is 0 Å². The molecular weight excluding hydrogens is 715 g/mol. The van der Waals surface area contributed by atoms with Crippen LogP contribution in [0.3, 0.4) is 0 Å². The topological polar surface area (TPSA) is 171 Å². The zero-order valence-corrected chi connectivity index (χ0v) is 20.8. The summed E-state index contributed by atoms with van der Waals surface area (Å²) < 4.78 is 6.52. The van der Waals surface area contributed by atoms with Crippen molar-refractivity contribution in [2.45, 2.75) is 6.10 Å². The van der Waals surface area contributed by atoms with Gasteiger partial charge in [-0.2, -0.15) is 0 Å². The van der Waals surface area contributed by atoms with Crippen molar-refractivity contribution < 1.29 is 34.4 Å². The molecule has 0 bridgehead atoms. The van der Waals surface area contributed by atoms with Crippen LogP contribution in [-0.2, 0) is 4.79 Å². The van der Waals surface area contributed by atoms with E-state index in [0.29, 0.717) is 10.7 Å². The van der Waals surface area contributed by atoms with Gasteiger partial charge in [-0.1, -0.05) is 0 Å². The predicted octanol–water partition coefficient (Wildman–Crippen LogP) is -0.830. The largest absolute Gasteiger partial charge is 0.481 e. The van der Waals surface area contributed by atoms with E-state index in [4.69, 9.17) is 20.7 Å². The number of aliphatic hydroxyl groups excluding tert-OH is 3. The molecule has 3 amide bonds. The molecular formula is C15H18I3N3O7. The number of halogens is 3. The van der Waals surface area contributed by atoms with Crippen molar-refractivity contribution in [3.05, 3.63) is 21.8 Å². The monoisotopic (exact) mass is 733 g/mol. The smallest absolute Gasteiger partial charge is 0.258 e. The second kappa shape index (κ2) is 12.3. The van der Waals surface area contributed by atoms with Crippen LogP contribution >= 0.6 is 67.8 Å². The maximum atomic E-state index is 12.6. The average molecular weight is 733 g/mol. The number of carbonyl (C=O) groups excluding carboxylic acids is 3. The minimum atomic E-state index is -1.13. The van der Waals surface area contributed by atoms with E-state index in [1.807, 2.05) is 67.8 Å². The number of primary amides is 1. The summed E-state index contributed by atoms with van der Waals surface area (Å²) in [6.07, 6.45) is -1.13. The van der Waals surface area contributed by atoms with Crippen molar-refractivity contribution in [3.8, 4) is 5.75 Å². The fraction of sp³-hybridized carbons (Fsp3) is 0.400. The van der Waals surface area contributed by atoms with Crippen molar-refractivity contribution in [2.75, 3.05) is 32.9 Å². The Kier molecular flexibility index (Phi) is 11.2. The van der Waals surface area contributed by atoms with Crippen molar-refractivity contribution >= 4 is 85.5 Å². The molecule has 0 aliphatic carbocycles. The Balaban J connectivity index is 3.28. The van der Waals surface area contributed by atoms with Gasteiger partial charge in [-0.25, -0.2) is 0 Å². The Labute approximate surface area is 201 Å². The molecule has 7 N–H and O–H groups in total. The van der Waals surface area contributed by atoms with E-state index in [-0.39, 0.29) is 36.6 Å². The Morgan fingerprint density at radius 2 is 1.64 bits per heavy atom. The van der Waals surface area contributed by atoms with Gasteiger partial charge in [-0.3, -0.25) is 14.4 Å². The lowest BCUT2D eigenvalue weighted by atomic mass is 10.1. The number of benzene rings is 1. The van der Waals surface area contributed by atoms with Crippen LogP contribution in [0.2, 0.25) is 0 Å². The third-order valence-electron chi connectivity index (χ3n) is 3.24. The van der Waals surface area contributed by atoms with Gasteiger partial charge in [-0.15, -0.1) is 0 Å². The Morgan fingerprint density at radius 3 is 2.18 bits per heavy atom. The second-order valence-electron chi connectivity index (χ2n) is 5.29. The van der Waals surface area contributed by atoms with Crippen LogP contribution in [0.25, 0.3) is 0 Å². The van der Waals surface area contributed by atoms with E-state index in [2.05, 4.69) is 10.6 Å². The quantitative estimate of drug-likeness (QED) is 0.171. The summed E-state index contributed by atoms with van der Waals surface area (Å²) in [6.45, 7) is -1.27. The van der Waals surface area contributed by atoms with Gasteiger partial charge in [0.05, 0.1) is 37.6 Å². The molecule has 0 heterocycles. The van der Waals surface area contributed by atoms with Gasteiger partial charge in [0.15, 0.2) is 6.61 Å². The summed E-state index contributed by atoms with van der Waals surface area (Å²) in [7, 11) is 0. The molecule has 13 heteroatoms. The van der Waals surface area contributed by atoms with Crippen molar-refractivity contribution in [1.82, 2.24) is 10.6 Å². The van der Waals surface area contributed by atoms with Gasteiger partial charge in [0.1, 0.15) is 5.75 Å². The molecule has 1 rings (SSSR count). The summed E-state index contributed by atoms with van der Waals surface area (Å²) in [5, 5.41) is 31.9. The number of amides is 3. The fourth-order valence-electron chi connectivity index (χ4n) is 1.93. The first-order valence-corrected chi connectivity index (χ1v) is 11.0. The maximum absolute atomic E-state index is 12.6. The van der Waals surface area contributed by atoms with Crippen LogP contribution in [-0.4, -0.2) is 72.1 Å². The van der Waals surface area contributed by atoms with E-state index in [1.54, 1.807) is 0 Å². The third kappa shape index (κ3) is 6.78. The van der Waals surface area contributed by atoms with E-state index < -0.39 is 37.0 Å². The highest BCUT2D eigenvalue weighted by Gasteiger charge is 2.28. The number of nitrogens with one attached hydrogen (secondary N) is 2. The number of ether oxygens (including phenoxy) is 1. The number of nitrogens with two attached hydrogens (primary N) is 1. The second-order valence-corrected chi connectivity index (χ2v) is 8.53. The first-order valence-electron chi connectivity index (χ1n) is 7.73. The summed E-state index contributed by atoms with van der Waals surface area (Å²) in [5.74, 6) is -1.72. The summed E-state index contributed by atoms with van der Waals surface area (Å²) in [4.78, 5) is 36.2. The van der Waals surface area contributed by atoms with E-state index in [0.717, 1.165) is 0 Å². The zero-order valence-electron chi connectivity index (χ0n) is 14.3. The van der Waals surface area contributed by atoms with Crippen LogP contribution in [0.5, 0.6) is 5.75 Å². The van der Waals surface area contributed by atoms with E-state index >= 15 is 0 Å². The summed E-state index contributed by atoms with van der Waals surface area (Å²) in [5.41, 5.74) is 5.62. The lowest BCUT2D eigenvalue weighted by Crippen LogP contribution is -2.35. The van der Waals surface area contributed by atoms with Crippen LogP contribution in [0.1, 0.15) is 20.7 Å². The highest BCUT2D eigenvalue weighted by molar-refractivity contribution is 14.1. The molecule has 28 heavy (non-hydrogen) atoms. The predicted molar refractivity (Wildman–Crippen MR) is 124 cm³/mol. The van der Waals surface area contributed by atoms with Crippen LogP contribution in [0, 0.1) is 10.7 Å². The number of hydrogen-bond acceptors (Lipinski definition) is 7. The Morgan fingerprint density at radius 1 is 1.04 bits per heavy atom. The highest BCUT2D eigenvalue weighted by Crippen LogP contribution is 2.37. The first kappa shape index (κ1) is 25.5. The van der Waals surface area contributed by atoms with Gasteiger partial charge < -0.3 is 36.4 Å². The van der Waals surface area contributed by atoms with Crippen LogP contribution < -0.4 is 21.1 Å². The summed E-state index contributed by atoms with van der Waals surface area (Å²) in [6, 6.07) is 0. The average Bonchev–Trinajstić information content (AvgIpc) is 2.63. The van der Waals surface area contributed by atoms with Gasteiger partial charge in [-0.05, 0) is 67.8 Å². The molecule has 0 radical (unpaired) electrons. The summed E-state index contributed by atoms with van der Waals surface area (Å²) >= 11 is 5.53. The van der Waals surface area contributed by atoms with Crippen LogP contribution in [0.4, 0.5) is 0 Å². The number of carbonyl (C=O) groups is 3.